The van der Waals surface area contributed by atoms with Crippen molar-refractivity contribution in [2.75, 3.05) is 31.3 Å². The van der Waals surface area contributed by atoms with E-state index in [-0.39, 0.29) is 16.6 Å². The van der Waals surface area contributed by atoms with E-state index < -0.39 is 10.0 Å². The van der Waals surface area contributed by atoms with Crippen LogP contribution in [0.5, 0.6) is 17.2 Å². The zero-order chi connectivity index (χ0) is 30.4. The highest BCUT2D eigenvalue weighted by atomic mass is 32.2. The summed E-state index contributed by atoms with van der Waals surface area (Å²) in [7, 11) is -2.10. The number of benzene rings is 4. The Morgan fingerprint density at radius 3 is 2.30 bits per heavy atom. The van der Waals surface area contributed by atoms with Gasteiger partial charge < -0.3 is 14.8 Å². The van der Waals surface area contributed by atoms with Crippen LogP contribution in [0.3, 0.4) is 0 Å². The number of carbonyl (C=O) groups excluding carboxylic acids is 1. The summed E-state index contributed by atoms with van der Waals surface area (Å²) in [6.07, 6.45) is 0. The van der Waals surface area contributed by atoms with Crippen LogP contribution in [-0.2, 0) is 14.8 Å². The molecule has 0 aliphatic heterocycles. The lowest BCUT2D eigenvalue weighted by molar-refractivity contribution is -0.113. The van der Waals surface area contributed by atoms with Crippen LogP contribution in [0.1, 0.15) is 13.8 Å². The molecule has 11 heteroatoms. The molecule has 1 N–H and O–H groups in total. The number of hydrogen-bond donors (Lipinski definition) is 1. The molecular weight excluding hydrogens is 585 g/mol. The van der Waals surface area contributed by atoms with Crippen LogP contribution in [0.2, 0.25) is 0 Å². The smallest absolute Gasteiger partial charge is 0.243 e. The summed E-state index contributed by atoms with van der Waals surface area (Å²) in [6, 6.07) is 29.0. The van der Waals surface area contributed by atoms with E-state index in [9.17, 15) is 13.2 Å². The van der Waals surface area contributed by atoms with Crippen molar-refractivity contribution >= 4 is 44.4 Å². The molecule has 0 fully saturated rings. The Morgan fingerprint density at radius 1 is 0.907 bits per heavy atom. The number of thioether (sulfide) groups is 1. The van der Waals surface area contributed by atoms with Gasteiger partial charge in [-0.15, -0.1) is 0 Å². The molecule has 43 heavy (non-hydrogen) atoms. The van der Waals surface area contributed by atoms with Gasteiger partial charge in [0.2, 0.25) is 15.9 Å². The lowest BCUT2D eigenvalue weighted by Gasteiger charge is -2.18. The lowest BCUT2D eigenvalue weighted by Crippen LogP contribution is -2.30. The first-order valence-corrected chi connectivity index (χ1v) is 16.2. The van der Waals surface area contributed by atoms with E-state index in [4.69, 9.17) is 14.5 Å². The number of fused-ring (bicyclic) bond motifs is 1. The fourth-order valence-corrected chi connectivity index (χ4v) is 6.95. The monoisotopic (exact) mass is 616 g/mol. The van der Waals surface area contributed by atoms with E-state index in [0.29, 0.717) is 52.2 Å². The first-order chi connectivity index (χ1) is 20.8. The van der Waals surface area contributed by atoms with Crippen molar-refractivity contribution in [2.45, 2.75) is 23.9 Å². The van der Waals surface area contributed by atoms with Crippen molar-refractivity contribution in [2.24, 2.45) is 0 Å². The standard InChI is InChI=1S/C32H32N4O5S2/c1-4-35(5-2)43(38,39)24-19-20-27-26(21-24)34-32(36(27)28-16-10-12-18-30(28)40-3)42-22-31(37)33-25-15-9-11-17-29(25)41-23-13-7-6-8-14-23/h6-21H,4-5,22H2,1-3H3,(H,33,37). The van der Waals surface area contributed by atoms with Crippen LogP contribution in [-0.4, -0.2) is 54.1 Å². The van der Waals surface area contributed by atoms with Gasteiger partial charge in [-0.2, -0.15) is 4.31 Å². The quantitative estimate of drug-likeness (QED) is 0.158. The Kier molecular flexibility index (Phi) is 9.34. The second-order valence-corrected chi connectivity index (χ2v) is 12.3. The average Bonchev–Trinajstić information content (AvgIpc) is 3.39. The molecule has 222 valence electrons. The van der Waals surface area contributed by atoms with E-state index >= 15 is 0 Å². The maximum absolute atomic E-state index is 13.2. The Labute approximate surface area is 255 Å². The number of ether oxygens (including phenoxy) is 2. The van der Waals surface area contributed by atoms with Crippen molar-refractivity contribution in [1.29, 1.82) is 0 Å². The number of imidazole rings is 1. The van der Waals surface area contributed by atoms with Gasteiger partial charge in [0.1, 0.15) is 11.5 Å². The molecular formula is C32H32N4O5S2. The number of carbonyl (C=O) groups is 1. The van der Waals surface area contributed by atoms with Crippen molar-refractivity contribution < 1.29 is 22.7 Å². The minimum atomic E-state index is -3.68. The van der Waals surface area contributed by atoms with Crippen LogP contribution in [0.4, 0.5) is 5.69 Å². The number of amides is 1. The third-order valence-electron chi connectivity index (χ3n) is 6.73. The van der Waals surface area contributed by atoms with Crippen molar-refractivity contribution in [3.8, 4) is 22.9 Å². The summed E-state index contributed by atoms with van der Waals surface area (Å²) in [5, 5.41) is 3.45. The zero-order valence-corrected chi connectivity index (χ0v) is 25.7. The topological polar surface area (TPSA) is 103 Å². The maximum atomic E-state index is 13.2. The molecule has 0 atom stereocenters. The minimum Gasteiger partial charge on any atom is -0.495 e. The molecule has 0 spiro atoms. The number of sulfonamides is 1. The number of nitrogens with zero attached hydrogens (tertiary/aromatic N) is 3. The summed E-state index contributed by atoms with van der Waals surface area (Å²) < 4.78 is 41.4. The summed E-state index contributed by atoms with van der Waals surface area (Å²) in [5.74, 6) is 1.59. The van der Waals surface area contributed by atoms with Crippen molar-refractivity contribution in [1.82, 2.24) is 13.9 Å². The van der Waals surface area contributed by atoms with Gasteiger partial charge in [-0.05, 0) is 54.6 Å². The maximum Gasteiger partial charge on any atom is 0.243 e. The number of rotatable bonds is 12. The molecule has 1 amide bonds. The van der Waals surface area contributed by atoms with Crippen molar-refractivity contribution in [3.05, 3.63) is 97.1 Å². The molecule has 0 bridgehead atoms. The van der Waals surface area contributed by atoms with Crippen molar-refractivity contribution in [3.63, 3.8) is 0 Å². The summed E-state index contributed by atoms with van der Waals surface area (Å²) in [6.45, 7) is 4.34. The number of nitrogens with one attached hydrogen (secondary N) is 1. The fraction of sp³-hybridized carbons (Fsp3) is 0.188. The lowest BCUT2D eigenvalue weighted by atomic mass is 10.2. The Hall–Kier alpha value is -4.32. The van der Waals surface area contributed by atoms with Gasteiger partial charge in [0, 0.05) is 13.1 Å². The van der Waals surface area contributed by atoms with Gasteiger partial charge in [0.05, 0.1) is 40.2 Å². The van der Waals surface area contributed by atoms with Crippen LogP contribution in [0.25, 0.3) is 16.7 Å². The average molecular weight is 617 g/mol. The predicted molar refractivity (Wildman–Crippen MR) is 170 cm³/mol. The molecule has 0 aliphatic rings. The Balaban J connectivity index is 1.45. The van der Waals surface area contributed by atoms with E-state index in [2.05, 4.69) is 5.32 Å². The molecule has 0 saturated carbocycles. The van der Waals surface area contributed by atoms with Gasteiger partial charge in [-0.1, -0.05) is 68.1 Å². The third-order valence-corrected chi connectivity index (χ3v) is 9.71. The second-order valence-electron chi connectivity index (χ2n) is 9.39. The summed E-state index contributed by atoms with van der Waals surface area (Å²) in [5.41, 5.74) is 2.44. The zero-order valence-electron chi connectivity index (χ0n) is 24.1. The molecule has 0 saturated heterocycles. The number of methoxy groups -OCH3 is 1. The molecule has 4 aromatic carbocycles. The SMILES string of the molecule is CCN(CC)S(=O)(=O)c1ccc2c(c1)nc(SCC(=O)Nc1ccccc1Oc1ccccc1)n2-c1ccccc1OC. The number of aromatic nitrogens is 2. The first kappa shape index (κ1) is 30.1. The van der Waals surface area contributed by atoms with Gasteiger partial charge >= 0.3 is 0 Å². The second kappa shape index (κ2) is 13.3. The van der Waals surface area contributed by atoms with Crippen LogP contribution in [0, 0.1) is 0 Å². The van der Waals surface area contributed by atoms with E-state index in [0.717, 1.165) is 5.69 Å². The molecule has 0 radical (unpaired) electrons. The molecule has 1 aromatic heterocycles. The number of hydrogen-bond acceptors (Lipinski definition) is 7. The van der Waals surface area contributed by atoms with Gasteiger partial charge in [0.15, 0.2) is 10.9 Å². The van der Waals surface area contributed by atoms with E-state index in [1.54, 1.807) is 37.4 Å². The minimum absolute atomic E-state index is 0.0444. The van der Waals surface area contributed by atoms with Crippen LogP contribution < -0.4 is 14.8 Å². The van der Waals surface area contributed by atoms with Crippen LogP contribution >= 0.6 is 11.8 Å². The highest BCUT2D eigenvalue weighted by molar-refractivity contribution is 7.99. The largest absolute Gasteiger partial charge is 0.495 e. The molecule has 5 aromatic rings. The number of para-hydroxylation sites is 5. The van der Waals surface area contributed by atoms with E-state index in [1.165, 1.54) is 16.1 Å². The summed E-state index contributed by atoms with van der Waals surface area (Å²) in [4.78, 5) is 18.1. The molecule has 1 heterocycles. The Bertz CT molecular complexity index is 1840. The highest BCUT2D eigenvalue weighted by Gasteiger charge is 2.24. The fourth-order valence-electron chi connectivity index (χ4n) is 4.65. The summed E-state index contributed by atoms with van der Waals surface area (Å²) >= 11 is 1.24. The molecule has 5 rings (SSSR count). The Morgan fingerprint density at radius 2 is 1.58 bits per heavy atom. The highest BCUT2D eigenvalue weighted by Crippen LogP contribution is 2.34. The normalized spacial score (nSPS) is 11.5. The van der Waals surface area contributed by atoms with Gasteiger partial charge in [0.25, 0.3) is 0 Å². The molecule has 9 nitrogen and oxygen atoms in total. The van der Waals surface area contributed by atoms with Gasteiger partial charge in [-0.3, -0.25) is 9.36 Å². The third kappa shape index (κ3) is 6.53. The number of anilines is 1. The molecule has 0 unspecified atom stereocenters. The molecule has 0 aliphatic carbocycles. The predicted octanol–water partition coefficient (Wildman–Crippen LogP) is 6.59. The van der Waals surface area contributed by atoms with Crippen LogP contribution in [0.15, 0.2) is 107 Å². The van der Waals surface area contributed by atoms with Gasteiger partial charge in [-0.25, -0.2) is 13.4 Å². The van der Waals surface area contributed by atoms with E-state index in [1.807, 2.05) is 85.1 Å². The first-order valence-electron chi connectivity index (χ1n) is 13.8.